The molecule has 0 spiro atoms. The monoisotopic (exact) mass is 414 g/mol. The normalized spacial score (nSPS) is 10.5. The van der Waals surface area contributed by atoms with Gasteiger partial charge in [-0.1, -0.05) is 46.3 Å². The lowest BCUT2D eigenvalue weighted by Crippen LogP contribution is -2.24. The molecule has 0 aliphatic carbocycles. The molecule has 0 saturated heterocycles. The minimum Gasteiger partial charge on any atom is -0.545 e. The van der Waals surface area contributed by atoms with Crippen molar-refractivity contribution >= 4 is 44.1 Å². The van der Waals surface area contributed by atoms with Gasteiger partial charge in [-0.2, -0.15) is 0 Å². The fourth-order valence-corrected chi connectivity index (χ4v) is 3.71. The van der Waals surface area contributed by atoms with Crippen molar-refractivity contribution in [1.82, 2.24) is 0 Å². The topological polar surface area (TPSA) is 69.2 Å². The highest BCUT2D eigenvalue weighted by molar-refractivity contribution is 9.10. The number of nitrogens with one attached hydrogen (secondary N) is 1. The van der Waals surface area contributed by atoms with Crippen molar-refractivity contribution < 1.29 is 14.7 Å². The van der Waals surface area contributed by atoms with Crippen molar-refractivity contribution in [3.63, 3.8) is 0 Å². The highest BCUT2D eigenvalue weighted by atomic mass is 79.9. The van der Waals surface area contributed by atoms with Gasteiger partial charge < -0.3 is 15.2 Å². The quantitative estimate of drug-likeness (QED) is 0.698. The highest BCUT2D eigenvalue weighted by Gasteiger charge is 2.17. The van der Waals surface area contributed by atoms with Gasteiger partial charge in [0.1, 0.15) is 5.00 Å². The number of amides is 1. The molecule has 3 rings (SSSR count). The van der Waals surface area contributed by atoms with Gasteiger partial charge in [0.05, 0.1) is 5.97 Å². The van der Waals surface area contributed by atoms with E-state index in [0.29, 0.717) is 11.1 Å². The lowest BCUT2D eigenvalue weighted by molar-refractivity contribution is -0.254. The number of halogens is 1. The summed E-state index contributed by atoms with van der Waals surface area (Å²) in [5.41, 5.74) is 2.59. The first-order valence-corrected chi connectivity index (χ1v) is 9.10. The molecular weight excluding hydrogens is 402 g/mol. The molecule has 0 unspecified atom stereocenters. The van der Waals surface area contributed by atoms with E-state index in [-0.39, 0.29) is 16.5 Å². The number of hydrogen-bond acceptors (Lipinski definition) is 4. The summed E-state index contributed by atoms with van der Waals surface area (Å²) in [5.74, 6) is -1.66. The number of thiophene rings is 1. The Morgan fingerprint density at radius 2 is 1.76 bits per heavy atom. The Morgan fingerprint density at radius 3 is 2.40 bits per heavy atom. The molecule has 1 aromatic heterocycles. The van der Waals surface area contributed by atoms with Gasteiger partial charge in [0.2, 0.25) is 0 Å². The molecule has 0 aliphatic heterocycles. The van der Waals surface area contributed by atoms with Crippen LogP contribution in [0, 0.1) is 6.92 Å². The first kappa shape index (κ1) is 17.4. The zero-order chi connectivity index (χ0) is 18.0. The van der Waals surface area contributed by atoms with Crippen molar-refractivity contribution in [3.05, 3.63) is 75.1 Å². The maximum absolute atomic E-state index is 12.5. The molecule has 25 heavy (non-hydrogen) atoms. The third-order valence-electron chi connectivity index (χ3n) is 3.77. The maximum Gasteiger partial charge on any atom is 0.256 e. The lowest BCUT2D eigenvalue weighted by atomic mass is 10.0. The summed E-state index contributed by atoms with van der Waals surface area (Å²) in [7, 11) is 0. The summed E-state index contributed by atoms with van der Waals surface area (Å²) in [5, 5.41) is 16.3. The molecule has 4 nitrogen and oxygen atoms in total. The Kier molecular flexibility index (Phi) is 5.01. The highest BCUT2D eigenvalue weighted by Crippen LogP contribution is 2.36. The number of rotatable bonds is 4. The van der Waals surface area contributed by atoms with Crippen LogP contribution >= 0.6 is 27.3 Å². The third kappa shape index (κ3) is 3.65. The van der Waals surface area contributed by atoms with Crippen LogP contribution in [0.25, 0.3) is 11.1 Å². The van der Waals surface area contributed by atoms with E-state index in [0.717, 1.165) is 15.6 Å². The number of carboxylic acids is 1. The van der Waals surface area contributed by atoms with Crippen molar-refractivity contribution in [3.8, 4) is 11.1 Å². The van der Waals surface area contributed by atoms with Crippen LogP contribution in [0.3, 0.4) is 0 Å². The number of carbonyl (C=O) groups excluding carboxylic acids is 2. The molecule has 3 aromatic rings. The van der Waals surface area contributed by atoms with Gasteiger partial charge in [0.25, 0.3) is 5.91 Å². The number of carboxylic acid groups (broad SMARTS) is 1. The average molecular weight is 415 g/mol. The van der Waals surface area contributed by atoms with Crippen LogP contribution in [-0.4, -0.2) is 11.9 Å². The van der Waals surface area contributed by atoms with E-state index in [4.69, 9.17) is 0 Å². The Labute approximate surface area is 157 Å². The zero-order valence-electron chi connectivity index (χ0n) is 13.2. The predicted molar refractivity (Wildman–Crippen MR) is 101 cm³/mol. The minimum absolute atomic E-state index is 0.00532. The van der Waals surface area contributed by atoms with E-state index < -0.39 is 5.97 Å². The third-order valence-corrected chi connectivity index (χ3v) is 5.19. The van der Waals surface area contributed by atoms with Gasteiger partial charge in [-0.25, -0.2) is 0 Å². The van der Waals surface area contributed by atoms with E-state index in [9.17, 15) is 14.7 Å². The van der Waals surface area contributed by atoms with Crippen LogP contribution in [0.2, 0.25) is 0 Å². The summed E-state index contributed by atoms with van der Waals surface area (Å²) in [6.07, 6.45) is 0. The summed E-state index contributed by atoms with van der Waals surface area (Å²) < 4.78 is 0.898. The standard InChI is InChI=1S/C19H14BrNO3S/c1-11-4-2-3-5-14(11)17(22)21-18-16(19(23)24)15(10-25-18)12-6-8-13(20)9-7-12/h2-10H,1H3,(H,21,22)(H,23,24)/p-1. The van der Waals surface area contributed by atoms with E-state index >= 15 is 0 Å². The minimum atomic E-state index is -1.32. The summed E-state index contributed by atoms with van der Waals surface area (Å²) in [4.78, 5) is 24.1. The molecule has 0 fully saturated rings. The van der Waals surface area contributed by atoms with E-state index in [2.05, 4.69) is 21.2 Å². The number of aromatic carboxylic acids is 1. The Hall–Kier alpha value is -2.44. The number of benzene rings is 2. The molecule has 0 bridgehead atoms. The van der Waals surface area contributed by atoms with Crippen LogP contribution < -0.4 is 10.4 Å². The van der Waals surface area contributed by atoms with Crippen LogP contribution in [0.15, 0.2) is 58.4 Å². The Morgan fingerprint density at radius 1 is 1.08 bits per heavy atom. The molecule has 0 saturated carbocycles. The molecule has 126 valence electrons. The first-order chi connectivity index (χ1) is 12.0. The molecule has 1 amide bonds. The zero-order valence-corrected chi connectivity index (χ0v) is 15.6. The number of anilines is 1. The number of carbonyl (C=O) groups is 2. The van der Waals surface area contributed by atoms with Gasteiger partial charge in [0, 0.05) is 26.5 Å². The summed E-state index contributed by atoms with van der Waals surface area (Å²) in [6, 6.07) is 14.4. The van der Waals surface area contributed by atoms with Crippen LogP contribution in [-0.2, 0) is 0 Å². The average Bonchev–Trinajstić information content (AvgIpc) is 2.99. The SMILES string of the molecule is Cc1ccccc1C(=O)Nc1scc(-c2ccc(Br)cc2)c1C(=O)[O-]. The summed E-state index contributed by atoms with van der Waals surface area (Å²) in [6.45, 7) is 1.83. The van der Waals surface area contributed by atoms with E-state index in [1.807, 2.05) is 43.3 Å². The van der Waals surface area contributed by atoms with Crippen molar-refractivity contribution in [2.45, 2.75) is 6.92 Å². The second-order valence-electron chi connectivity index (χ2n) is 5.42. The second kappa shape index (κ2) is 7.21. The van der Waals surface area contributed by atoms with Gasteiger partial charge in [-0.15, -0.1) is 11.3 Å². The molecule has 1 heterocycles. The van der Waals surface area contributed by atoms with Gasteiger partial charge in [-0.05, 0) is 36.2 Å². The van der Waals surface area contributed by atoms with Crippen molar-refractivity contribution in [1.29, 1.82) is 0 Å². The second-order valence-corrected chi connectivity index (χ2v) is 7.21. The largest absolute Gasteiger partial charge is 0.545 e. The Balaban J connectivity index is 1.98. The molecule has 0 aliphatic rings. The molecule has 1 N–H and O–H groups in total. The number of aryl methyl sites for hydroxylation is 1. The van der Waals surface area contributed by atoms with Crippen LogP contribution in [0.5, 0.6) is 0 Å². The van der Waals surface area contributed by atoms with Gasteiger partial charge >= 0.3 is 0 Å². The molecule has 2 aromatic carbocycles. The summed E-state index contributed by atoms with van der Waals surface area (Å²) >= 11 is 4.52. The van der Waals surface area contributed by atoms with Crippen LogP contribution in [0.1, 0.15) is 26.3 Å². The van der Waals surface area contributed by atoms with Crippen molar-refractivity contribution in [2.75, 3.05) is 5.32 Å². The van der Waals surface area contributed by atoms with Crippen molar-refractivity contribution in [2.24, 2.45) is 0 Å². The predicted octanol–water partition coefficient (Wildman–Crippen LogP) is 4.10. The van der Waals surface area contributed by atoms with E-state index in [1.165, 1.54) is 11.3 Å². The fourth-order valence-electron chi connectivity index (χ4n) is 2.49. The lowest BCUT2D eigenvalue weighted by Gasteiger charge is -2.11. The molecule has 0 atom stereocenters. The first-order valence-electron chi connectivity index (χ1n) is 7.43. The molecule has 6 heteroatoms. The van der Waals surface area contributed by atoms with Gasteiger partial charge in [0.15, 0.2) is 0 Å². The van der Waals surface area contributed by atoms with Crippen LogP contribution in [0.4, 0.5) is 5.00 Å². The number of hydrogen-bond donors (Lipinski definition) is 1. The Bertz CT molecular complexity index is 948. The molecular formula is C19H13BrNO3S-. The van der Waals surface area contributed by atoms with Gasteiger partial charge in [-0.3, -0.25) is 4.79 Å². The maximum atomic E-state index is 12.5. The molecule has 0 radical (unpaired) electrons. The smallest absolute Gasteiger partial charge is 0.256 e. The fraction of sp³-hybridized carbons (Fsp3) is 0.0526. The van der Waals surface area contributed by atoms with E-state index in [1.54, 1.807) is 17.5 Å².